The van der Waals surface area contributed by atoms with Crippen LogP contribution in [0.25, 0.3) is 0 Å². The summed E-state index contributed by atoms with van der Waals surface area (Å²) in [6.45, 7) is 5.95. The SMILES string of the molecule is CN(C=O)c1cc(Oc2ccc(NC(=O)Nc3cc(C(C)(C)C)on3)cc2Cl)ccn1. The minimum Gasteiger partial charge on any atom is -0.456 e. The van der Waals surface area contributed by atoms with Crippen LogP contribution in [-0.2, 0) is 10.2 Å². The van der Waals surface area contributed by atoms with Crippen LogP contribution in [0.5, 0.6) is 11.5 Å². The molecule has 3 rings (SSSR count). The average molecular weight is 444 g/mol. The standard InChI is InChI=1S/C21H22ClN5O4/c1-21(2,3)17-11-18(26-31-17)25-20(29)24-13-5-6-16(15(22)9-13)30-14-7-8-23-19(10-14)27(4)12-28/h5-12H,1-4H3,(H2,24,25,26,29). The summed E-state index contributed by atoms with van der Waals surface area (Å²) in [7, 11) is 1.58. The molecule has 0 bridgehead atoms. The number of urea groups is 1. The molecule has 2 heterocycles. The van der Waals surface area contributed by atoms with E-state index in [-0.39, 0.29) is 10.4 Å². The highest BCUT2D eigenvalue weighted by atomic mass is 35.5. The van der Waals surface area contributed by atoms with E-state index in [1.807, 2.05) is 20.8 Å². The molecule has 0 fully saturated rings. The van der Waals surface area contributed by atoms with Crippen molar-refractivity contribution in [1.29, 1.82) is 0 Å². The van der Waals surface area contributed by atoms with Gasteiger partial charge in [-0.1, -0.05) is 37.5 Å². The van der Waals surface area contributed by atoms with Crippen molar-refractivity contribution in [2.75, 3.05) is 22.6 Å². The number of halogens is 1. The Hall–Kier alpha value is -3.59. The monoisotopic (exact) mass is 443 g/mol. The summed E-state index contributed by atoms with van der Waals surface area (Å²) in [5, 5.41) is 9.42. The van der Waals surface area contributed by atoms with Gasteiger partial charge in [-0.25, -0.2) is 9.78 Å². The van der Waals surface area contributed by atoms with Crippen LogP contribution in [0.1, 0.15) is 26.5 Å². The molecule has 0 radical (unpaired) electrons. The van der Waals surface area contributed by atoms with Crippen LogP contribution in [0.2, 0.25) is 5.02 Å². The lowest BCUT2D eigenvalue weighted by molar-refractivity contribution is -0.107. The predicted octanol–water partition coefficient (Wildman–Crippen LogP) is 5.05. The summed E-state index contributed by atoms with van der Waals surface area (Å²) in [4.78, 5) is 28.5. The molecule has 162 valence electrons. The molecule has 0 spiro atoms. The molecule has 0 unspecified atom stereocenters. The average Bonchev–Trinajstić information content (AvgIpc) is 3.18. The predicted molar refractivity (Wildman–Crippen MR) is 118 cm³/mol. The summed E-state index contributed by atoms with van der Waals surface area (Å²) in [6.07, 6.45) is 2.17. The highest BCUT2D eigenvalue weighted by molar-refractivity contribution is 6.32. The molecule has 3 aromatic rings. The molecule has 31 heavy (non-hydrogen) atoms. The van der Waals surface area contributed by atoms with Crippen molar-refractivity contribution in [3.63, 3.8) is 0 Å². The number of ether oxygens (including phenoxy) is 1. The van der Waals surface area contributed by atoms with Gasteiger partial charge in [0.15, 0.2) is 5.82 Å². The first kappa shape index (κ1) is 22.1. The van der Waals surface area contributed by atoms with Gasteiger partial charge in [-0.15, -0.1) is 0 Å². The molecular weight excluding hydrogens is 422 g/mol. The van der Waals surface area contributed by atoms with Crippen molar-refractivity contribution in [2.45, 2.75) is 26.2 Å². The van der Waals surface area contributed by atoms with Gasteiger partial charge in [-0.05, 0) is 24.3 Å². The van der Waals surface area contributed by atoms with Gasteiger partial charge in [-0.2, -0.15) is 0 Å². The third kappa shape index (κ3) is 5.73. The zero-order valence-electron chi connectivity index (χ0n) is 17.5. The van der Waals surface area contributed by atoms with Gasteiger partial charge in [0.2, 0.25) is 6.41 Å². The molecule has 3 amide bonds. The number of amides is 3. The van der Waals surface area contributed by atoms with E-state index in [2.05, 4.69) is 20.8 Å². The molecular formula is C21H22ClN5O4. The number of anilines is 3. The molecule has 0 aliphatic rings. The zero-order chi connectivity index (χ0) is 22.6. The van der Waals surface area contributed by atoms with Crippen LogP contribution >= 0.6 is 11.6 Å². The smallest absolute Gasteiger partial charge is 0.324 e. The van der Waals surface area contributed by atoms with Crippen LogP contribution < -0.4 is 20.3 Å². The van der Waals surface area contributed by atoms with Gasteiger partial charge in [0.1, 0.15) is 23.1 Å². The van der Waals surface area contributed by atoms with Crippen LogP contribution in [-0.4, -0.2) is 29.6 Å². The Balaban J connectivity index is 1.65. The van der Waals surface area contributed by atoms with Crippen molar-refractivity contribution in [2.24, 2.45) is 0 Å². The summed E-state index contributed by atoms with van der Waals surface area (Å²) in [6, 6.07) is 9.25. The van der Waals surface area contributed by atoms with Gasteiger partial charge in [0.05, 0.1) is 5.02 Å². The van der Waals surface area contributed by atoms with Crippen molar-refractivity contribution in [3.8, 4) is 11.5 Å². The van der Waals surface area contributed by atoms with Crippen molar-refractivity contribution >= 4 is 41.4 Å². The normalized spacial score (nSPS) is 11.0. The largest absolute Gasteiger partial charge is 0.456 e. The Morgan fingerprint density at radius 3 is 2.61 bits per heavy atom. The van der Waals surface area contributed by atoms with E-state index >= 15 is 0 Å². The molecule has 1 aromatic carbocycles. The number of hydrogen-bond acceptors (Lipinski definition) is 6. The lowest BCUT2D eigenvalue weighted by Gasteiger charge is -2.13. The Morgan fingerprint density at radius 2 is 1.97 bits per heavy atom. The number of nitrogens with one attached hydrogen (secondary N) is 2. The number of benzene rings is 1. The molecule has 0 saturated carbocycles. The molecule has 0 aliphatic heterocycles. The van der Waals surface area contributed by atoms with Crippen molar-refractivity contribution < 1.29 is 18.8 Å². The number of nitrogens with zero attached hydrogens (tertiary/aromatic N) is 3. The minimum atomic E-state index is -0.492. The first-order chi connectivity index (χ1) is 14.7. The summed E-state index contributed by atoms with van der Waals surface area (Å²) in [5.74, 6) is 2.24. The van der Waals surface area contributed by atoms with Crippen LogP contribution in [0.15, 0.2) is 47.1 Å². The summed E-state index contributed by atoms with van der Waals surface area (Å²) < 4.78 is 11.0. The minimum absolute atomic E-state index is 0.217. The van der Waals surface area contributed by atoms with Gasteiger partial charge in [0.25, 0.3) is 0 Å². The first-order valence-corrected chi connectivity index (χ1v) is 9.70. The number of rotatable bonds is 6. The fraction of sp³-hybridized carbons (Fsp3) is 0.238. The molecule has 9 nitrogen and oxygen atoms in total. The number of aromatic nitrogens is 2. The molecule has 2 N–H and O–H groups in total. The van der Waals surface area contributed by atoms with E-state index in [0.29, 0.717) is 41.0 Å². The second-order valence-electron chi connectivity index (χ2n) is 7.72. The Bertz CT molecular complexity index is 1090. The number of hydrogen-bond donors (Lipinski definition) is 2. The van der Waals surface area contributed by atoms with E-state index in [4.69, 9.17) is 20.9 Å². The molecule has 2 aromatic heterocycles. The van der Waals surface area contributed by atoms with Gasteiger partial charge < -0.3 is 19.5 Å². The van der Waals surface area contributed by atoms with E-state index in [1.165, 1.54) is 11.1 Å². The molecule has 0 aliphatic carbocycles. The summed E-state index contributed by atoms with van der Waals surface area (Å²) >= 11 is 6.30. The maximum Gasteiger partial charge on any atom is 0.324 e. The molecule has 0 atom stereocenters. The van der Waals surface area contributed by atoms with Crippen LogP contribution in [0.4, 0.5) is 22.1 Å². The quantitative estimate of drug-likeness (QED) is 0.516. The Morgan fingerprint density at radius 1 is 1.19 bits per heavy atom. The molecule has 10 heteroatoms. The lowest BCUT2D eigenvalue weighted by Crippen LogP contribution is -2.19. The Kier molecular flexibility index (Phi) is 6.45. The lowest BCUT2D eigenvalue weighted by atomic mass is 9.93. The fourth-order valence-corrected chi connectivity index (χ4v) is 2.68. The second-order valence-corrected chi connectivity index (χ2v) is 8.13. The van der Waals surface area contributed by atoms with E-state index < -0.39 is 6.03 Å². The topological polar surface area (TPSA) is 110 Å². The second kappa shape index (κ2) is 9.05. The van der Waals surface area contributed by atoms with E-state index in [9.17, 15) is 9.59 Å². The number of pyridine rings is 1. The van der Waals surface area contributed by atoms with Crippen LogP contribution in [0, 0.1) is 0 Å². The van der Waals surface area contributed by atoms with Gasteiger partial charge in [0, 0.05) is 36.5 Å². The highest BCUT2D eigenvalue weighted by Gasteiger charge is 2.20. The van der Waals surface area contributed by atoms with Gasteiger partial charge in [-0.3, -0.25) is 10.1 Å². The number of carbonyl (C=O) groups excluding carboxylic acids is 2. The first-order valence-electron chi connectivity index (χ1n) is 9.32. The van der Waals surface area contributed by atoms with E-state index in [1.54, 1.807) is 43.4 Å². The third-order valence-corrected chi connectivity index (χ3v) is 4.44. The zero-order valence-corrected chi connectivity index (χ0v) is 18.2. The van der Waals surface area contributed by atoms with Crippen molar-refractivity contribution in [1.82, 2.24) is 10.1 Å². The maximum absolute atomic E-state index is 12.2. The maximum atomic E-state index is 12.2. The summed E-state index contributed by atoms with van der Waals surface area (Å²) in [5.41, 5.74) is 0.246. The van der Waals surface area contributed by atoms with Gasteiger partial charge >= 0.3 is 6.03 Å². The third-order valence-electron chi connectivity index (χ3n) is 4.14. The Labute approximate surface area is 184 Å². The van der Waals surface area contributed by atoms with Crippen molar-refractivity contribution in [3.05, 3.63) is 53.4 Å². The fourth-order valence-electron chi connectivity index (χ4n) is 2.46. The number of carbonyl (C=O) groups is 2. The van der Waals surface area contributed by atoms with Crippen LogP contribution in [0.3, 0.4) is 0 Å². The van der Waals surface area contributed by atoms with E-state index in [0.717, 1.165) is 0 Å². The molecule has 0 saturated heterocycles. The highest BCUT2D eigenvalue weighted by Crippen LogP contribution is 2.32.